The fourth-order valence-electron chi connectivity index (χ4n) is 1.43. The Morgan fingerprint density at radius 2 is 2.16 bits per heavy atom. The van der Waals surface area contributed by atoms with Crippen LogP contribution in [0.1, 0.15) is 30.6 Å². The number of sulfonamides is 1. The van der Waals surface area contributed by atoms with Crippen molar-refractivity contribution < 1.29 is 17.9 Å². The predicted molar refractivity (Wildman–Crippen MR) is 70.2 cm³/mol. The summed E-state index contributed by atoms with van der Waals surface area (Å²) in [5.41, 5.74) is -0.0189. The highest BCUT2D eigenvalue weighted by molar-refractivity contribution is 7.89. The molecule has 0 radical (unpaired) electrons. The third kappa shape index (κ3) is 4.29. The van der Waals surface area contributed by atoms with Crippen molar-refractivity contribution in [2.75, 3.05) is 13.7 Å². The number of aromatic nitrogens is 1. The molecule has 0 saturated heterocycles. The summed E-state index contributed by atoms with van der Waals surface area (Å²) in [4.78, 5) is 15.1. The van der Waals surface area contributed by atoms with Gasteiger partial charge in [0.1, 0.15) is 4.90 Å². The number of carbonyl (C=O) groups excluding carboxylic acids is 1. The van der Waals surface area contributed by atoms with E-state index in [1.165, 1.54) is 19.4 Å². The van der Waals surface area contributed by atoms with Crippen LogP contribution in [0.15, 0.2) is 23.4 Å². The topological polar surface area (TPSA) is 85.4 Å². The first-order chi connectivity index (χ1) is 8.88. The molecule has 1 rings (SSSR count). The minimum Gasteiger partial charge on any atom is -0.465 e. The number of rotatable bonds is 6. The van der Waals surface area contributed by atoms with Gasteiger partial charge in [-0.1, -0.05) is 13.8 Å². The van der Waals surface area contributed by atoms with Crippen molar-refractivity contribution in [2.45, 2.75) is 25.2 Å². The quantitative estimate of drug-likeness (QED) is 0.794. The first-order valence-corrected chi connectivity index (χ1v) is 7.38. The molecule has 0 bridgehead atoms. The summed E-state index contributed by atoms with van der Waals surface area (Å²) in [6, 6.07) is 1.32. The van der Waals surface area contributed by atoms with Crippen LogP contribution in [-0.2, 0) is 14.8 Å². The van der Waals surface area contributed by atoms with Crippen LogP contribution in [0, 0.1) is 5.92 Å². The molecule has 1 N–H and O–H groups in total. The second kappa shape index (κ2) is 6.63. The van der Waals surface area contributed by atoms with E-state index in [-0.39, 0.29) is 10.5 Å². The fraction of sp³-hybridized carbons (Fsp3) is 0.500. The van der Waals surface area contributed by atoms with Gasteiger partial charge in [-0.15, -0.1) is 0 Å². The van der Waals surface area contributed by atoms with E-state index in [2.05, 4.69) is 14.4 Å². The number of hydrogen-bond donors (Lipinski definition) is 1. The molecule has 7 heteroatoms. The van der Waals surface area contributed by atoms with Gasteiger partial charge in [-0.3, -0.25) is 4.98 Å². The Morgan fingerprint density at radius 3 is 2.74 bits per heavy atom. The van der Waals surface area contributed by atoms with E-state index in [1.807, 2.05) is 13.8 Å². The molecule has 0 atom stereocenters. The van der Waals surface area contributed by atoms with Crippen LogP contribution < -0.4 is 4.72 Å². The predicted octanol–water partition coefficient (Wildman–Crippen LogP) is 1.19. The summed E-state index contributed by atoms with van der Waals surface area (Å²) in [7, 11) is -2.56. The highest BCUT2D eigenvalue weighted by Crippen LogP contribution is 2.15. The highest BCUT2D eigenvalue weighted by atomic mass is 32.2. The maximum absolute atomic E-state index is 12.1. The molecule has 6 nitrogen and oxygen atoms in total. The van der Waals surface area contributed by atoms with E-state index < -0.39 is 16.0 Å². The second-order valence-electron chi connectivity index (χ2n) is 4.44. The maximum atomic E-state index is 12.1. The largest absolute Gasteiger partial charge is 0.465 e. The van der Waals surface area contributed by atoms with Crippen molar-refractivity contribution >= 4 is 16.0 Å². The zero-order chi connectivity index (χ0) is 14.5. The van der Waals surface area contributed by atoms with Crippen molar-refractivity contribution in [1.82, 2.24) is 9.71 Å². The summed E-state index contributed by atoms with van der Waals surface area (Å²) in [5, 5.41) is 0. The number of nitrogens with one attached hydrogen (secondary N) is 1. The third-order valence-electron chi connectivity index (χ3n) is 2.49. The normalized spacial score (nSPS) is 11.6. The van der Waals surface area contributed by atoms with Gasteiger partial charge in [-0.25, -0.2) is 17.9 Å². The Hall–Kier alpha value is -1.47. The lowest BCUT2D eigenvalue weighted by atomic mass is 10.1. The lowest BCUT2D eigenvalue weighted by Crippen LogP contribution is -2.27. The number of pyridine rings is 1. The van der Waals surface area contributed by atoms with Crippen LogP contribution in [0.3, 0.4) is 0 Å². The van der Waals surface area contributed by atoms with Crippen LogP contribution in [0.2, 0.25) is 0 Å². The van der Waals surface area contributed by atoms with Crippen molar-refractivity contribution in [1.29, 1.82) is 0 Å². The van der Waals surface area contributed by atoms with Crippen molar-refractivity contribution in [3.8, 4) is 0 Å². The molecule has 0 aliphatic rings. The first-order valence-electron chi connectivity index (χ1n) is 5.90. The molecule has 19 heavy (non-hydrogen) atoms. The molecule has 106 valence electrons. The minimum absolute atomic E-state index is 0.0189. The number of methoxy groups -OCH3 is 1. The van der Waals surface area contributed by atoms with E-state index in [1.54, 1.807) is 0 Å². The van der Waals surface area contributed by atoms with Crippen molar-refractivity contribution in [3.05, 3.63) is 24.0 Å². The lowest BCUT2D eigenvalue weighted by molar-refractivity contribution is 0.0596. The number of ether oxygens (including phenoxy) is 1. The molecule has 0 aliphatic heterocycles. The van der Waals surface area contributed by atoms with Crippen LogP contribution >= 0.6 is 0 Å². The van der Waals surface area contributed by atoms with Gasteiger partial charge in [0.15, 0.2) is 0 Å². The number of esters is 1. The smallest absolute Gasteiger partial charge is 0.339 e. The van der Waals surface area contributed by atoms with Crippen molar-refractivity contribution in [3.63, 3.8) is 0 Å². The molecular formula is C12H18N2O4S. The van der Waals surface area contributed by atoms with Gasteiger partial charge in [0.2, 0.25) is 10.0 Å². The monoisotopic (exact) mass is 286 g/mol. The minimum atomic E-state index is -3.76. The summed E-state index contributed by atoms with van der Waals surface area (Å²) < 4.78 is 31.2. The summed E-state index contributed by atoms with van der Waals surface area (Å²) >= 11 is 0. The summed E-state index contributed by atoms with van der Waals surface area (Å²) in [6.45, 7) is 4.31. The molecule has 0 spiro atoms. The molecule has 0 fully saturated rings. The molecule has 0 aliphatic carbocycles. The summed E-state index contributed by atoms with van der Waals surface area (Å²) in [5.74, 6) is -0.316. The van der Waals surface area contributed by atoms with Gasteiger partial charge in [0.25, 0.3) is 0 Å². The van der Waals surface area contributed by atoms with E-state index in [9.17, 15) is 13.2 Å². The first kappa shape index (κ1) is 15.6. The Bertz CT molecular complexity index is 540. The van der Waals surface area contributed by atoms with Crippen LogP contribution in [0.5, 0.6) is 0 Å². The second-order valence-corrected chi connectivity index (χ2v) is 6.18. The molecule has 0 saturated carbocycles. The van der Waals surface area contributed by atoms with Gasteiger partial charge < -0.3 is 4.74 Å². The van der Waals surface area contributed by atoms with Gasteiger partial charge in [0, 0.05) is 18.9 Å². The van der Waals surface area contributed by atoms with E-state index in [4.69, 9.17) is 0 Å². The van der Waals surface area contributed by atoms with Gasteiger partial charge in [-0.2, -0.15) is 0 Å². The third-order valence-corrected chi connectivity index (χ3v) is 3.98. The van der Waals surface area contributed by atoms with Gasteiger partial charge in [-0.05, 0) is 18.4 Å². The number of nitrogens with zero attached hydrogens (tertiary/aromatic N) is 1. The van der Waals surface area contributed by atoms with Crippen molar-refractivity contribution in [2.24, 2.45) is 5.92 Å². The average Bonchev–Trinajstić information content (AvgIpc) is 2.37. The molecule has 0 unspecified atom stereocenters. The Kier molecular flexibility index (Phi) is 5.44. The lowest BCUT2D eigenvalue weighted by Gasteiger charge is -2.10. The molecule has 0 amide bonds. The van der Waals surface area contributed by atoms with Crippen LogP contribution in [-0.4, -0.2) is 33.0 Å². The zero-order valence-corrected chi connectivity index (χ0v) is 12.0. The Labute approximate surface area is 113 Å². The van der Waals surface area contributed by atoms with Gasteiger partial charge in [0.05, 0.1) is 12.7 Å². The van der Waals surface area contributed by atoms with E-state index >= 15 is 0 Å². The Morgan fingerprint density at radius 1 is 1.47 bits per heavy atom. The maximum Gasteiger partial charge on any atom is 0.339 e. The molecular weight excluding hydrogens is 268 g/mol. The number of carbonyl (C=O) groups is 1. The molecule has 0 aromatic carbocycles. The van der Waals surface area contributed by atoms with Crippen LogP contribution in [0.4, 0.5) is 0 Å². The zero-order valence-electron chi connectivity index (χ0n) is 11.2. The SMILES string of the molecule is COC(=O)c1ccncc1S(=O)(=O)NCCC(C)C. The highest BCUT2D eigenvalue weighted by Gasteiger charge is 2.22. The van der Waals surface area contributed by atoms with E-state index in [0.717, 1.165) is 6.20 Å². The molecule has 1 aromatic rings. The fourth-order valence-corrected chi connectivity index (χ4v) is 2.62. The standard InChI is InChI=1S/C12H18N2O4S/c1-9(2)4-7-14-19(16,17)11-8-13-6-5-10(11)12(15)18-3/h5-6,8-9,14H,4,7H2,1-3H3. The Balaban J connectivity index is 2.98. The summed E-state index contributed by atoms with van der Waals surface area (Å²) in [6.07, 6.45) is 3.20. The number of hydrogen-bond acceptors (Lipinski definition) is 5. The molecule has 1 aromatic heterocycles. The van der Waals surface area contributed by atoms with E-state index in [0.29, 0.717) is 18.9 Å². The average molecular weight is 286 g/mol. The van der Waals surface area contributed by atoms with Crippen LogP contribution in [0.25, 0.3) is 0 Å². The van der Waals surface area contributed by atoms with Gasteiger partial charge >= 0.3 is 5.97 Å². The molecule has 1 heterocycles.